The number of halogens is 4. The van der Waals surface area contributed by atoms with Crippen molar-refractivity contribution in [3.05, 3.63) is 99.2 Å². The first-order chi connectivity index (χ1) is 22.3. The third-order valence-electron chi connectivity index (χ3n) is 5.82. The Morgan fingerprint density at radius 1 is 0.391 bits per heavy atom. The Bertz CT molecular complexity index is 1840. The van der Waals surface area contributed by atoms with Crippen LogP contribution in [0.4, 0.5) is 0 Å². The maximum absolute atomic E-state index is 6.08. The summed E-state index contributed by atoms with van der Waals surface area (Å²) in [4.78, 5) is 26.3. The van der Waals surface area contributed by atoms with Gasteiger partial charge in [-0.25, -0.2) is 0 Å². The largest absolute Gasteiger partial charge is 0.424 e. The SMILES string of the molecule is Ic1cccc(I)c1Oc1nc2nc(n1)Oc1cccc(c1)Oc1nc(nc(Oc3c(I)cccc3I)n1)Oc1cccc(c1)O2. The monoisotopic (exact) mass is 1060 g/mol. The molecule has 228 valence electrons. The number of fused-ring (bicyclic) bond motifs is 8. The molecule has 7 rings (SSSR count). The van der Waals surface area contributed by atoms with Crippen LogP contribution in [0.5, 0.6) is 70.6 Å². The van der Waals surface area contributed by atoms with E-state index in [0.717, 1.165) is 14.3 Å². The minimum atomic E-state index is -0.0669. The molecular formula is C30H14I4N6O6. The Hall–Kier alpha value is -3.38. The highest BCUT2D eigenvalue weighted by atomic mass is 127. The van der Waals surface area contributed by atoms with E-state index >= 15 is 0 Å². The number of nitrogens with zero attached hydrogens (tertiary/aromatic N) is 6. The molecule has 0 N–H and O–H groups in total. The van der Waals surface area contributed by atoms with Crippen LogP contribution in [0.1, 0.15) is 0 Å². The third kappa shape index (κ3) is 7.43. The normalized spacial score (nSPS) is 11.7. The van der Waals surface area contributed by atoms with Crippen LogP contribution < -0.4 is 28.4 Å². The van der Waals surface area contributed by atoms with Gasteiger partial charge in [0.15, 0.2) is 11.5 Å². The standard InChI is InChI=1S/C30H14I4N6O6/c31-19-9-3-10-20(32)23(19)45-29-37-25-35-27(39-29)43-17-7-2-8-18(14-17)44-28-36-26(42-16-6-1-5-15(13-16)41-25)38-30(40-28)46-24-21(33)11-4-12-22(24)34/h1-14H. The van der Waals surface area contributed by atoms with Crippen LogP contribution in [0.3, 0.4) is 0 Å². The van der Waals surface area contributed by atoms with Crippen molar-refractivity contribution in [3.8, 4) is 70.6 Å². The maximum Gasteiger partial charge on any atom is 0.331 e. The summed E-state index contributed by atoms with van der Waals surface area (Å²) in [6.07, 6.45) is 0. The molecule has 0 atom stereocenters. The molecule has 0 radical (unpaired) electrons. The van der Waals surface area contributed by atoms with Crippen molar-refractivity contribution in [2.45, 2.75) is 0 Å². The van der Waals surface area contributed by atoms with Gasteiger partial charge in [-0.3, -0.25) is 0 Å². The fourth-order valence-electron chi connectivity index (χ4n) is 3.88. The van der Waals surface area contributed by atoms with Gasteiger partial charge < -0.3 is 28.4 Å². The average Bonchev–Trinajstić information content (AvgIpc) is 3.01. The quantitative estimate of drug-likeness (QED) is 0.156. The lowest BCUT2D eigenvalue weighted by Crippen LogP contribution is -2.04. The van der Waals surface area contributed by atoms with Crippen LogP contribution in [0.2, 0.25) is 0 Å². The van der Waals surface area contributed by atoms with Gasteiger partial charge in [-0.05, 0) is 139 Å². The second-order valence-corrected chi connectivity index (χ2v) is 13.7. The molecule has 12 nitrogen and oxygen atoms in total. The van der Waals surface area contributed by atoms with Gasteiger partial charge in [-0.2, -0.15) is 0 Å². The van der Waals surface area contributed by atoms with Crippen molar-refractivity contribution in [1.82, 2.24) is 29.9 Å². The van der Waals surface area contributed by atoms with Gasteiger partial charge in [0.1, 0.15) is 23.0 Å². The van der Waals surface area contributed by atoms with Gasteiger partial charge in [-0.15, -0.1) is 29.9 Å². The second kappa shape index (κ2) is 13.8. The van der Waals surface area contributed by atoms with Crippen LogP contribution in [-0.2, 0) is 0 Å². The zero-order valence-corrected chi connectivity index (χ0v) is 31.4. The van der Waals surface area contributed by atoms with Crippen LogP contribution in [-0.4, -0.2) is 29.9 Å². The summed E-state index contributed by atoms with van der Waals surface area (Å²) in [5, 5.41) is 0. The molecule has 0 aliphatic carbocycles. The Kier molecular flexibility index (Phi) is 9.35. The highest BCUT2D eigenvalue weighted by Gasteiger charge is 2.19. The zero-order valence-electron chi connectivity index (χ0n) is 22.7. The molecule has 8 bridgehead atoms. The van der Waals surface area contributed by atoms with Gasteiger partial charge in [0.05, 0.1) is 14.3 Å². The first kappa shape index (κ1) is 31.2. The number of aromatic nitrogens is 6. The predicted molar refractivity (Wildman–Crippen MR) is 197 cm³/mol. The van der Waals surface area contributed by atoms with E-state index in [4.69, 9.17) is 28.4 Å². The van der Waals surface area contributed by atoms with E-state index < -0.39 is 0 Å². The fraction of sp³-hybridized carbons (Fsp3) is 0. The summed E-state index contributed by atoms with van der Waals surface area (Å²) in [7, 11) is 0. The summed E-state index contributed by atoms with van der Waals surface area (Å²) in [6, 6.07) is 24.8. The van der Waals surface area contributed by atoms with Crippen molar-refractivity contribution >= 4 is 90.4 Å². The van der Waals surface area contributed by atoms with E-state index in [0.29, 0.717) is 34.5 Å². The minimum absolute atomic E-state index is 0.0224. The smallest absolute Gasteiger partial charge is 0.331 e. The highest BCUT2D eigenvalue weighted by Crippen LogP contribution is 2.36. The van der Waals surface area contributed by atoms with Gasteiger partial charge in [0, 0.05) is 12.1 Å². The second-order valence-electron chi connectivity index (χ2n) is 9.03. The van der Waals surface area contributed by atoms with E-state index in [-0.39, 0.29) is 36.1 Å². The average molecular weight is 1060 g/mol. The molecule has 46 heavy (non-hydrogen) atoms. The summed E-state index contributed by atoms with van der Waals surface area (Å²) in [5.41, 5.74) is 0. The molecule has 3 heterocycles. The van der Waals surface area contributed by atoms with Crippen LogP contribution in [0.15, 0.2) is 84.9 Å². The molecule has 0 saturated heterocycles. The topological polar surface area (TPSA) is 133 Å². The molecule has 0 spiro atoms. The Morgan fingerprint density at radius 3 is 0.978 bits per heavy atom. The van der Waals surface area contributed by atoms with Crippen molar-refractivity contribution in [3.63, 3.8) is 0 Å². The predicted octanol–water partition coefficient (Wildman–Crippen LogP) is 9.54. The molecule has 2 aromatic heterocycles. The molecule has 1 aliphatic heterocycles. The van der Waals surface area contributed by atoms with Crippen LogP contribution in [0, 0.1) is 14.3 Å². The Labute approximate surface area is 315 Å². The van der Waals surface area contributed by atoms with Crippen LogP contribution in [0.25, 0.3) is 0 Å². The van der Waals surface area contributed by atoms with Crippen LogP contribution >= 0.6 is 90.4 Å². The highest BCUT2D eigenvalue weighted by molar-refractivity contribution is 14.1. The zero-order chi connectivity index (χ0) is 31.6. The van der Waals surface area contributed by atoms with Gasteiger partial charge in [0.25, 0.3) is 0 Å². The molecule has 0 unspecified atom stereocenters. The van der Waals surface area contributed by atoms with Gasteiger partial charge in [0.2, 0.25) is 0 Å². The summed E-state index contributed by atoms with van der Waals surface area (Å²) >= 11 is 8.74. The number of rotatable bonds is 4. The molecule has 4 aromatic carbocycles. The van der Waals surface area contributed by atoms with E-state index in [1.54, 1.807) is 48.5 Å². The van der Waals surface area contributed by atoms with Crippen molar-refractivity contribution in [1.29, 1.82) is 0 Å². The third-order valence-corrected chi connectivity index (χ3v) is 9.22. The number of hydrogen-bond donors (Lipinski definition) is 0. The van der Waals surface area contributed by atoms with Crippen molar-refractivity contribution in [2.24, 2.45) is 0 Å². The molecule has 0 amide bonds. The lowest BCUT2D eigenvalue weighted by Gasteiger charge is -2.13. The van der Waals surface area contributed by atoms with Gasteiger partial charge >= 0.3 is 36.1 Å². The Balaban J connectivity index is 1.29. The number of hydrogen-bond acceptors (Lipinski definition) is 12. The number of ether oxygens (including phenoxy) is 6. The molecular weight excluding hydrogens is 1050 g/mol. The van der Waals surface area contributed by atoms with E-state index in [9.17, 15) is 0 Å². The maximum atomic E-state index is 6.08. The minimum Gasteiger partial charge on any atom is -0.424 e. The summed E-state index contributed by atoms with van der Waals surface area (Å²) in [6.45, 7) is 0. The molecule has 0 fully saturated rings. The molecule has 16 heteroatoms. The lowest BCUT2D eigenvalue weighted by molar-refractivity contribution is 0.350. The first-order valence-corrected chi connectivity index (χ1v) is 17.3. The Morgan fingerprint density at radius 2 is 0.674 bits per heavy atom. The number of para-hydroxylation sites is 2. The summed E-state index contributed by atoms with van der Waals surface area (Å²) < 4.78 is 39.8. The molecule has 6 aromatic rings. The molecule has 1 aliphatic rings. The van der Waals surface area contributed by atoms with Gasteiger partial charge in [-0.1, -0.05) is 24.3 Å². The lowest BCUT2D eigenvalue weighted by atomic mass is 10.3. The van der Waals surface area contributed by atoms with Crippen molar-refractivity contribution < 1.29 is 28.4 Å². The van der Waals surface area contributed by atoms with E-state index in [2.05, 4.69) is 120 Å². The van der Waals surface area contributed by atoms with E-state index in [1.807, 2.05) is 36.4 Å². The van der Waals surface area contributed by atoms with Crippen molar-refractivity contribution in [2.75, 3.05) is 0 Å². The number of benzene rings is 4. The molecule has 0 saturated carbocycles. The first-order valence-electron chi connectivity index (χ1n) is 13.0. The van der Waals surface area contributed by atoms with E-state index in [1.165, 1.54) is 0 Å². The summed E-state index contributed by atoms with van der Waals surface area (Å²) in [5.74, 6) is 2.60. The fourth-order valence-corrected chi connectivity index (χ4v) is 7.35.